The molecule has 0 radical (unpaired) electrons. The van der Waals surface area contributed by atoms with Crippen LogP contribution in [0.3, 0.4) is 0 Å². The fourth-order valence-electron chi connectivity index (χ4n) is 4.47. The Balaban J connectivity index is 1.34. The molecule has 0 spiro atoms. The third kappa shape index (κ3) is 4.05. The Hall–Kier alpha value is -3.43. The van der Waals surface area contributed by atoms with Gasteiger partial charge in [0.1, 0.15) is 0 Å². The summed E-state index contributed by atoms with van der Waals surface area (Å²) < 4.78 is 1.26. The van der Waals surface area contributed by atoms with Gasteiger partial charge in [-0.1, -0.05) is 97.1 Å². The number of benzene rings is 6. The predicted octanol–water partition coefficient (Wildman–Crippen LogP) is 9.60. The van der Waals surface area contributed by atoms with E-state index < -0.39 is 0 Å². The van der Waals surface area contributed by atoms with Gasteiger partial charge in [-0.15, -0.1) is 0 Å². The van der Waals surface area contributed by atoms with Crippen LogP contribution in [-0.4, -0.2) is 0 Å². The van der Waals surface area contributed by atoms with Crippen LogP contribution in [0.25, 0.3) is 54.9 Å². The van der Waals surface area contributed by atoms with Crippen LogP contribution in [-0.2, 0) is 0 Å². The Morgan fingerprint density at radius 1 is 0.303 bits per heavy atom. The zero-order valence-electron chi connectivity index (χ0n) is 18.0. The van der Waals surface area contributed by atoms with Crippen LogP contribution in [0.15, 0.2) is 127 Å². The standard InChI is InChI=1S/C32H21I/c33-32-17-15-25(16-18-32)30-14-11-26-10-13-29(20-31(26)21-30)24-7-5-23(6-8-24)28-12-9-22-3-1-2-4-27(22)19-28/h1-21H. The molecule has 0 aliphatic heterocycles. The molecule has 6 aromatic rings. The van der Waals surface area contributed by atoms with Crippen LogP contribution in [0.5, 0.6) is 0 Å². The summed E-state index contributed by atoms with van der Waals surface area (Å²) in [5, 5.41) is 5.08. The van der Waals surface area contributed by atoms with Crippen molar-refractivity contribution in [3.63, 3.8) is 0 Å². The highest BCUT2D eigenvalue weighted by molar-refractivity contribution is 14.1. The Labute approximate surface area is 207 Å². The van der Waals surface area contributed by atoms with Gasteiger partial charge in [0, 0.05) is 3.57 Å². The fraction of sp³-hybridized carbons (Fsp3) is 0. The van der Waals surface area contributed by atoms with Crippen molar-refractivity contribution in [2.24, 2.45) is 0 Å². The number of halogens is 1. The Bertz CT molecular complexity index is 1590. The molecule has 0 amide bonds. The molecule has 0 aliphatic carbocycles. The molecule has 0 nitrogen and oxygen atoms in total. The molecule has 0 fully saturated rings. The van der Waals surface area contributed by atoms with Gasteiger partial charge in [0.15, 0.2) is 0 Å². The first-order valence-electron chi connectivity index (χ1n) is 11.1. The highest BCUT2D eigenvalue weighted by atomic mass is 127. The van der Waals surface area contributed by atoms with Crippen molar-refractivity contribution in [3.8, 4) is 33.4 Å². The third-order valence-corrected chi connectivity index (χ3v) is 7.04. The van der Waals surface area contributed by atoms with Crippen molar-refractivity contribution in [3.05, 3.63) is 131 Å². The average molecular weight is 532 g/mol. The summed E-state index contributed by atoms with van der Waals surface area (Å²) >= 11 is 2.35. The molecule has 6 rings (SSSR count). The Morgan fingerprint density at radius 3 is 1.18 bits per heavy atom. The van der Waals surface area contributed by atoms with Crippen LogP contribution in [0.2, 0.25) is 0 Å². The molecule has 0 bridgehead atoms. The van der Waals surface area contributed by atoms with E-state index in [-0.39, 0.29) is 0 Å². The summed E-state index contributed by atoms with van der Waals surface area (Å²) in [5.74, 6) is 0. The predicted molar refractivity (Wildman–Crippen MR) is 150 cm³/mol. The molecule has 1 heteroatoms. The quantitative estimate of drug-likeness (QED) is 0.199. The minimum Gasteiger partial charge on any atom is -0.0616 e. The first kappa shape index (κ1) is 20.2. The summed E-state index contributed by atoms with van der Waals surface area (Å²) in [6, 6.07) is 46.3. The van der Waals surface area contributed by atoms with Gasteiger partial charge in [0.05, 0.1) is 0 Å². The van der Waals surface area contributed by atoms with Gasteiger partial charge in [-0.2, -0.15) is 0 Å². The first-order chi connectivity index (χ1) is 16.2. The van der Waals surface area contributed by atoms with E-state index in [0.717, 1.165) is 0 Å². The Kier molecular flexibility index (Phi) is 5.20. The SMILES string of the molecule is Ic1ccc(-c2ccc3ccc(-c4ccc(-c5ccc6ccccc6c5)cc4)cc3c2)cc1. The van der Waals surface area contributed by atoms with E-state index >= 15 is 0 Å². The maximum absolute atomic E-state index is 2.35. The second-order valence-corrected chi connectivity index (χ2v) is 9.67. The van der Waals surface area contributed by atoms with Crippen LogP contribution in [0, 0.1) is 3.57 Å². The second kappa shape index (κ2) is 8.49. The minimum absolute atomic E-state index is 1.24. The van der Waals surface area contributed by atoms with Crippen LogP contribution < -0.4 is 0 Å². The molecule has 156 valence electrons. The van der Waals surface area contributed by atoms with E-state index in [2.05, 4.69) is 150 Å². The smallest absolute Gasteiger partial charge is 0.0130 e. The maximum atomic E-state index is 2.35. The summed E-state index contributed by atoms with van der Waals surface area (Å²) in [6.07, 6.45) is 0. The van der Waals surface area contributed by atoms with E-state index in [4.69, 9.17) is 0 Å². The molecule has 0 aliphatic rings. The lowest BCUT2D eigenvalue weighted by Crippen LogP contribution is -1.83. The topological polar surface area (TPSA) is 0 Å². The first-order valence-corrected chi connectivity index (χ1v) is 12.2. The molecular weight excluding hydrogens is 511 g/mol. The summed E-state index contributed by atoms with van der Waals surface area (Å²) in [7, 11) is 0. The van der Waals surface area contributed by atoms with Crippen molar-refractivity contribution in [1.29, 1.82) is 0 Å². The van der Waals surface area contributed by atoms with Crippen molar-refractivity contribution in [1.82, 2.24) is 0 Å². The number of fused-ring (bicyclic) bond motifs is 2. The second-order valence-electron chi connectivity index (χ2n) is 8.42. The monoisotopic (exact) mass is 532 g/mol. The van der Waals surface area contributed by atoms with Gasteiger partial charge in [0.2, 0.25) is 0 Å². The van der Waals surface area contributed by atoms with Crippen LogP contribution >= 0.6 is 22.6 Å². The van der Waals surface area contributed by atoms with Crippen LogP contribution in [0.1, 0.15) is 0 Å². The molecule has 0 saturated heterocycles. The normalized spacial score (nSPS) is 11.2. The fourth-order valence-corrected chi connectivity index (χ4v) is 4.83. The van der Waals surface area contributed by atoms with Crippen molar-refractivity contribution < 1.29 is 0 Å². The number of hydrogen-bond donors (Lipinski definition) is 0. The zero-order valence-corrected chi connectivity index (χ0v) is 20.2. The Morgan fingerprint density at radius 2 is 0.667 bits per heavy atom. The molecular formula is C32H21I. The van der Waals surface area contributed by atoms with E-state index in [1.54, 1.807) is 0 Å². The van der Waals surface area contributed by atoms with Crippen molar-refractivity contribution in [2.75, 3.05) is 0 Å². The van der Waals surface area contributed by atoms with Crippen molar-refractivity contribution in [2.45, 2.75) is 0 Å². The van der Waals surface area contributed by atoms with Gasteiger partial charge in [-0.3, -0.25) is 0 Å². The lowest BCUT2D eigenvalue weighted by molar-refractivity contribution is 1.60. The molecule has 0 saturated carbocycles. The van der Waals surface area contributed by atoms with E-state index in [9.17, 15) is 0 Å². The van der Waals surface area contributed by atoms with Crippen LogP contribution in [0.4, 0.5) is 0 Å². The van der Waals surface area contributed by atoms with E-state index in [1.807, 2.05) is 0 Å². The van der Waals surface area contributed by atoms with E-state index in [1.165, 1.54) is 58.5 Å². The molecule has 0 unspecified atom stereocenters. The van der Waals surface area contributed by atoms with Gasteiger partial charge in [0.25, 0.3) is 0 Å². The number of hydrogen-bond acceptors (Lipinski definition) is 0. The lowest BCUT2D eigenvalue weighted by Gasteiger charge is -2.09. The molecule has 6 aromatic carbocycles. The minimum atomic E-state index is 1.24. The maximum Gasteiger partial charge on any atom is 0.0130 e. The molecule has 0 N–H and O–H groups in total. The summed E-state index contributed by atoms with van der Waals surface area (Å²) in [6.45, 7) is 0. The molecule has 0 atom stereocenters. The summed E-state index contributed by atoms with van der Waals surface area (Å²) in [4.78, 5) is 0. The highest BCUT2D eigenvalue weighted by Crippen LogP contribution is 2.31. The zero-order chi connectivity index (χ0) is 22.2. The van der Waals surface area contributed by atoms with Gasteiger partial charge in [-0.25, -0.2) is 0 Å². The van der Waals surface area contributed by atoms with Crippen molar-refractivity contribution >= 4 is 44.1 Å². The van der Waals surface area contributed by atoms with E-state index in [0.29, 0.717) is 0 Å². The largest absolute Gasteiger partial charge is 0.0616 e. The third-order valence-electron chi connectivity index (χ3n) is 6.32. The summed E-state index contributed by atoms with van der Waals surface area (Å²) in [5.41, 5.74) is 7.48. The van der Waals surface area contributed by atoms with Gasteiger partial charge < -0.3 is 0 Å². The average Bonchev–Trinajstić information content (AvgIpc) is 2.88. The van der Waals surface area contributed by atoms with Gasteiger partial charge in [-0.05, 0) is 108 Å². The highest BCUT2D eigenvalue weighted by Gasteiger charge is 2.05. The molecule has 0 heterocycles. The number of rotatable bonds is 3. The van der Waals surface area contributed by atoms with Gasteiger partial charge >= 0.3 is 0 Å². The lowest BCUT2D eigenvalue weighted by atomic mass is 9.96. The molecule has 33 heavy (non-hydrogen) atoms. The molecule has 0 aromatic heterocycles.